The van der Waals surface area contributed by atoms with Gasteiger partial charge in [-0.25, -0.2) is 4.68 Å². The van der Waals surface area contributed by atoms with Crippen LogP contribution in [0, 0.1) is 5.92 Å². The Balaban J connectivity index is 1.46. The first-order valence-electron chi connectivity index (χ1n) is 10.3. The summed E-state index contributed by atoms with van der Waals surface area (Å²) in [7, 11) is 0. The first-order chi connectivity index (χ1) is 13.2. The summed E-state index contributed by atoms with van der Waals surface area (Å²) in [5, 5.41) is 11.2. The number of carbonyl (C=O) groups excluding carboxylic acids is 2. The Morgan fingerprint density at radius 2 is 1.96 bits per heavy atom. The number of nitrogens with one attached hydrogen (secondary N) is 1. The number of hydrogen-bond donors (Lipinski definition) is 1. The molecule has 148 valence electrons. The van der Waals surface area contributed by atoms with Crippen LogP contribution in [-0.4, -0.2) is 64.1 Å². The minimum atomic E-state index is -0.386. The normalized spacial score (nSPS) is 25.4. The maximum atomic E-state index is 13.1. The fraction of sp³-hybridized carbons (Fsp3) is 0.789. The Morgan fingerprint density at radius 1 is 1.19 bits per heavy atom. The van der Waals surface area contributed by atoms with Crippen molar-refractivity contribution in [2.45, 2.75) is 63.5 Å². The standard InChI is InChI=1S/C19H29N5O3/c25-18-17(12-14-4-2-1-3-5-14)23(9-8-20-18)19(26)16-13-24(22-21-16)15-6-10-27-11-7-15/h13-15,17H,1-12H2,(H,20,25)/t17-/m1/s1. The van der Waals surface area contributed by atoms with Crippen molar-refractivity contribution in [1.29, 1.82) is 0 Å². The molecular weight excluding hydrogens is 346 g/mol. The summed E-state index contributed by atoms with van der Waals surface area (Å²) in [5.41, 5.74) is 0.338. The zero-order valence-corrected chi connectivity index (χ0v) is 15.8. The average Bonchev–Trinajstić information content (AvgIpc) is 3.21. The van der Waals surface area contributed by atoms with Crippen LogP contribution < -0.4 is 5.32 Å². The molecule has 4 rings (SSSR count). The van der Waals surface area contributed by atoms with Crippen molar-refractivity contribution in [2.75, 3.05) is 26.3 Å². The third-order valence-electron chi connectivity index (χ3n) is 6.17. The fourth-order valence-corrected chi connectivity index (χ4v) is 4.58. The van der Waals surface area contributed by atoms with E-state index in [0.29, 0.717) is 37.9 Å². The Kier molecular flexibility index (Phi) is 5.71. The van der Waals surface area contributed by atoms with Crippen LogP contribution in [0.25, 0.3) is 0 Å². The van der Waals surface area contributed by atoms with E-state index in [2.05, 4.69) is 15.6 Å². The molecule has 3 fully saturated rings. The highest BCUT2D eigenvalue weighted by molar-refractivity contribution is 5.96. The van der Waals surface area contributed by atoms with E-state index in [4.69, 9.17) is 4.74 Å². The van der Waals surface area contributed by atoms with Gasteiger partial charge >= 0.3 is 0 Å². The molecule has 3 heterocycles. The van der Waals surface area contributed by atoms with Crippen molar-refractivity contribution >= 4 is 11.8 Å². The number of amides is 2. The molecule has 8 nitrogen and oxygen atoms in total. The highest BCUT2D eigenvalue weighted by Gasteiger charge is 2.36. The second kappa shape index (κ2) is 8.37. The molecule has 0 unspecified atom stereocenters. The first kappa shape index (κ1) is 18.4. The number of nitrogens with zero attached hydrogens (tertiary/aromatic N) is 4. The Hall–Kier alpha value is -1.96. The molecule has 1 aromatic heterocycles. The van der Waals surface area contributed by atoms with Crippen molar-refractivity contribution in [3.63, 3.8) is 0 Å². The average molecular weight is 375 g/mol. The molecule has 1 atom stereocenters. The lowest BCUT2D eigenvalue weighted by Gasteiger charge is -2.37. The second-order valence-corrected chi connectivity index (χ2v) is 7.97. The second-order valence-electron chi connectivity index (χ2n) is 7.97. The van der Waals surface area contributed by atoms with Gasteiger partial charge in [0.15, 0.2) is 5.69 Å². The molecule has 1 aromatic rings. The zero-order valence-electron chi connectivity index (χ0n) is 15.8. The van der Waals surface area contributed by atoms with E-state index in [9.17, 15) is 9.59 Å². The van der Waals surface area contributed by atoms with Gasteiger partial charge in [-0.1, -0.05) is 37.3 Å². The van der Waals surface area contributed by atoms with Crippen LogP contribution in [0.3, 0.4) is 0 Å². The smallest absolute Gasteiger partial charge is 0.276 e. The van der Waals surface area contributed by atoms with Gasteiger partial charge < -0.3 is 15.0 Å². The van der Waals surface area contributed by atoms with E-state index in [-0.39, 0.29) is 23.9 Å². The van der Waals surface area contributed by atoms with Crippen molar-refractivity contribution in [3.05, 3.63) is 11.9 Å². The van der Waals surface area contributed by atoms with Gasteiger partial charge in [0.25, 0.3) is 5.91 Å². The highest BCUT2D eigenvalue weighted by Crippen LogP contribution is 2.29. The maximum absolute atomic E-state index is 13.1. The maximum Gasteiger partial charge on any atom is 0.276 e. The molecule has 2 aliphatic heterocycles. The van der Waals surface area contributed by atoms with Gasteiger partial charge in [0, 0.05) is 26.3 Å². The molecule has 1 saturated carbocycles. The summed E-state index contributed by atoms with van der Waals surface area (Å²) in [4.78, 5) is 27.3. The van der Waals surface area contributed by atoms with Crippen LogP contribution in [0.15, 0.2) is 6.20 Å². The topological polar surface area (TPSA) is 89.4 Å². The van der Waals surface area contributed by atoms with Crippen molar-refractivity contribution in [1.82, 2.24) is 25.2 Å². The highest BCUT2D eigenvalue weighted by atomic mass is 16.5. The lowest BCUT2D eigenvalue weighted by atomic mass is 9.84. The lowest BCUT2D eigenvalue weighted by Crippen LogP contribution is -2.57. The number of rotatable bonds is 4. The third kappa shape index (κ3) is 4.15. The molecule has 0 aromatic carbocycles. The van der Waals surface area contributed by atoms with E-state index in [0.717, 1.165) is 32.1 Å². The van der Waals surface area contributed by atoms with Gasteiger partial charge in [-0.3, -0.25) is 9.59 Å². The van der Waals surface area contributed by atoms with Gasteiger partial charge in [0.05, 0.1) is 12.2 Å². The summed E-state index contributed by atoms with van der Waals surface area (Å²) in [6.07, 6.45) is 10.3. The van der Waals surface area contributed by atoms with Crippen LogP contribution in [0.5, 0.6) is 0 Å². The predicted octanol–water partition coefficient (Wildman–Crippen LogP) is 1.54. The summed E-state index contributed by atoms with van der Waals surface area (Å²) < 4.78 is 7.18. The summed E-state index contributed by atoms with van der Waals surface area (Å²) in [6, 6.07) is -0.155. The number of ether oxygens (including phenoxy) is 1. The molecule has 1 N–H and O–H groups in total. The number of piperazine rings is 1. The van der Waals surface area contributed by atoms with Crippen molar-refractivity contribution < 1.29 is 14.3 Å². The molecule has 27 heavy (non-hydrogen) atoms. The molecule has 0 bridgehead atoms. The molecule has 3 aliphatic rings. The van der Waals surface area contributed by atoms with E-state index < -0.39 is 0 Å². The Morgan fingerprint density at radius 3 is 2.74 bits per heavy atom. The van der Waals surface area contributed by atoms with E-state index in [1.54, 1.807) is 15.8 Å². The SMILES string of the molecule is O=C1NCCN(C(=O)c2cn(C3CCOCC3)nn2)[C@@H]1CC1CCCCC1. The van der Waals surface area contributed by atoms with Crippen molar-refractivity contribution in [3.8, 4) is 0 Å². The quantitative estimate of drug-likeness (QED) is 0.862. The van der Waals surface area contributed by atoms with E-state index >= 15 is 0 Å². The van der Waals surface area contributed by atoms with Gasteiger partial charge in [0.1, 0.15) is 6.04 Å². The molecule has 0 radical (unpaired) electrons. The van der Waals surface area contributed by atoms with E-state index in [1.165, 1.54) is 19.3 Å². The number of hydrogen-bond acceptors (Lipinski definition) is 5. The summed E-state index contributed by atoms with van der Waals surface area (Å²) in [6.45, 7) is 2.46. The first-order valence-corrected chi connectivity index (χ1v) is 10.3. The number of carbonyl (C=O) groups is 2. The Labute approximate surface area is 159 Å². The minimum absolute atomic E-state index is 0.0306. The van der Waals surface area contributed by atoms with Crippen LogP contribution >= 0.6 is 0 Å². The molecule has 2 saturated heterocycles. The van der Waals surface area contributed by atoms with Crippen LogP contribution in [0.1, 0.15) is 67.9 Å². The zero-order chi connectivity index (χ0) is 18.6. The van der Waals surface area contributed by atoms with Gasteiger partial charge in [-0.2, -0.15) is 0 Å². The van der Waals surface area contributed by atoms with E-state index in [1.807, 2.05) is 0 Å². The van der Waals surface area contributed by atoms with Gasteiger partial charge in [-0.15, -0.1) is 5.10 Å². The largest absolute Gasteiger partial charge is 0.381 e. The predicted molar refractivity (Wildman–Crippen MR) is 98.1 cm³/mol. The van der Waals surface area contributed by atoms with Crippen LogP contribution in [0.2, 0.25) is 0 Å². The lowest BCUT2D eigenvalue weighted by molar-refractivity contribution is -0.128. The van der Waals surface area contributed by atoms with Gasteiger partial charge in [-0.05, 0) is 25.2 Å². The molecule has 8 heteroatoms. The molecular formula is C19H29N5O3. The summed E-state index contributed by atoms with van der Waals surface area (Å²) >= 11 is 0. The monoisotopic (exact) mass is 375 g/mol. The van der Waals surface area contributed by atoms with Gasteiger partial charge in [0.2, 0.25) is 5.91 Å². The van der Waals surface area contributed by atoms with Crippen LogP contribution in [-0.2, 0) is 9.53 Å². The molecule has 1 aliphatic carbocycles. The third-order valence-corrected chi connectivity index (χ3v) is 6.17. The van der Waals surface area contributed by atoms with Crippen molar-refractivity contribution in [2.24, 2.45) is 5.92 Å². The Bertz CT molecular complexity index is 664. The van der Waals surface area contributed by atoms with Crippen LogP contribution in [0.4, 0.5) is 0 Å². The minimum Gasteiger partial charge on any atom is -0.381 e. The fourth-order valence-electron chi connectivity index (χ4n) is 4.58. The molecule has 2 amide bonds. The molecule has 0 spiro atoms. The summed E-state index contributed by atoms with van der Waals surface area (Å²) in [5.74, 6) is 0.321. The number of aromatic nitrogens is 3.